The maximum absolute atomic E-state index is 11.0. The molecule has 0 bridgehead atoms. The summed E-state index contributed by atoms with van der Waals surface area (Å²) in [5, 5.41) is 16.5. The molecule has 1 heterocycles. The zero-order chi connectivity index (χ0) is 12.8. The lowest BCUT2D eigenvalue weighted by atomic mass is 10.1. The summed E-state index contributed by atoms with van der Waals surface area (Å²) in [6, 6.07) is 9.21. The molecule has 0 saturated carbocycles. The molecule has 2 N–H and O–H groups in total. The van der Waals surface area contributed by atoms with Gasteiger partial charge in [-0.1, -0.05) is 18.2 Å². The number of hydrogen-bond donors (Lipinski definition) is 2. The fourth-order valence-corrected chi connectivity index (χ4v) is 2.48. The highest BCUT2D eigenvalue weighted by atomic mass is 32.1. The number of benzene rings is 1. The second kappa shape index (κ2) is 6.33. The summed E-state index contributed by atoms with van der Waals surface area (Å²) in [7, 11) is 0. The van der Waals surface area contributed by atoms with Crippen LogP contribution in [0.5, 0.6) is 0 Å². The van der Waals surface area contributed by atoms with Crippen LogP contribution in [0.25, 0.3) is 0 Å². The van der Waals surface area contributed by atoms with E-state index in [0.717, 1.165) is 18.5 Å². The van der Waals surface area contributed by atoms with Gasteiger partial charge in [-0.15, -0.1) is 0 Å². The second-order valence-corrected chi connectivity index (χ2v) is 4.80. The lowest BCUT2D eigenvalue weighted by Crippen LogP contribution is -2.18. The van der Waals surface area contributed by atoms with Gasteiger partial charge < -0.3 is 10.4 Å². The van der Waals surface area contributed by atoms with Crippen LogP contribution in [-0.4, -0.2) is 17.6 Å². The van der Waals surface area contributed by atoms with Gasteiger partial charge in [0, 0.05) is 6.54 Å². The van der Waals surface area contributed by atoms with Gasteiger partial charge in [-0.05, 0) is 47.0 Å². The third kappa shape index (κ3) is 3.42. The van der Waals surface area contributed by atoms with Gasteiger partial charge in [0.25, 0.3) is 0 Å². The molecule has 0 saturated heterocycles. The Kier molecular flexibility index (Phi) is 4.50. The van der Waals surface area contributed by atoms with Gasteiger partial charge in [-0.3, -0.25) is 0 Å². The molecule has 18 heavy (non-hydrogen) atoms. The normalized spacial score (nSPS) is 10.4. The van der Waals surface area contributed by atoms with E-state index in [9.17, 15) is 4.79 Å². The molecule has 0 aliphatic heterocycles. The second-order valence-electron chi connectivity index (χ2n) is 4.02. The van der Waals surface area contributed by atoms with Gasteiger partial charge in [0.15, 0.2) is 0 Å². The Bertz CT molecular complexity index is 508. The molecule has 0 aliphatic rings. The first-order chi connectivity index (χ1) is 8.77. The maximum Gasteiger partial charge on any atom is 0.336 e. The minimum absolute atomic E-state index is 0.375. The van der Waals surface area contributed by atoms with Crippen LogP contribution in [-0.2, 0) is 13.0 Å². The highest BCUT2D eigenvalue weighted by Crippen LogP contribution is 2.09. The van der Waals surface area contributed by atoms with Crippen LogP contribution in [0.15, 0.2) is 41.1 Å². The molecule has 2 rings (SSSR count). The smallest absolute Gasteiger partial charge is 0.336 e. The summed E-state index contributed by atoms with van der Waals surface area (Å²) in [5.74, 6) is -0.870. The van der Waals surface area contributed by atoms with E-state index in [1.807, 2.05) is 12.1 Å². The Morgan fingerprint density at radius 1 is 1.28 bits per heavy atom. The number of nitrogens with one attached hydrogen (secondary N) is 1. The van der Waals surface area contributed by atoms with Crippen molar-refractivity contribution in [3.8, 4) is 0 Å². The third-order valence-electron chi connectivity index (χ3n) is 2.73. The van der Waals surface area contributed by atoms with Gasteiger partial charge in [0.05, 0.1) is 5.56 Å². The fourth-order valence-electron chi connectivity index (χ4n) is 1.77. The Hall–Kier alpha value is -1.65. The molecule has 0 radical (unpaired) electrons. The number of aromatic carboxylic acids is 1. The van der Waals surface area contributed by atoms with Crippen molar-refractivity contribution in [2.75, 3.05) is 6.54 Å². The molecule has 1 aromatic carbocycles. The Morgan fingerprint density at radius 3 is 2.83 bits per heavy atom. The van der Waals surface area contributed by atoms with E-state index in [0.29, 0.717) is 12.1 Å². The first-order valence-electron chi connectivity index (χ1n) is 5.80. The van der Waals surface area contributed by atoms with Gasteiger partial charge in [0.2, 0.25) is 0 Å². The Balaban J connectivity index is 1.85. The number of hydrogen-bond acceptors (Lipinski definition) is 3. The van der Waals surface area contributed by atoms with E-state index in [-0.39, 0.29) is 0 Å². The maximum atomic E-state index is 11.0. The van der Waals surface area contributed by atoms with Crippen LogP contribution in [0.4, 0.5) is 0 Å². The highest BCUT2D eigenvalue weighted by molar-refractivity contribution is 7.07. The first kappa shape index (κ1) is 12.8. The molecule has 0 aliphatic carbocycles. The lowest BCUT2D eigenvalue weighted by molar-refractivity contribution is 0.0695. The van der Waals surface area contributed by atoms with Crippen LogP contribution in [0.2, 0.25) is 0 Å². The highest BCUT2D eigenvalue weighted by Gasteiger charge is 2.07. The molecular formula is C14H15NO2S. The molecular weight excluding hydrogens is 246 g/mol. The number of carboxylic acid groups (broad SMARTS) is 1. The fraction of sp³-hybridized carbons (Fsp3) is 0.214. The molecule has 0 unspecified atom stereocenters. The van der Waals surface area contributed by atoms with E-state index in [1.165, 1.54) is 5.56 Å². The summed E-state index contributed by atoms with van der Waals surface area (Å²) in [6.07, 6.45) is 0.971. The van der Waals surface area contributed by atoms with Crippen molar-refractivity contribution in [2.45, 2.75) is 13.0 Å². The van der Waals surface area contributed by atoms with Gasteiger partial charge in [0.1, 0.15) is 0 Å². The molecule has 4 heteroatoms. The number of carboxylic acids is 1. The predicted octanol–water partition coefficient (Wildman–Crippen LogP) is 2.78. The quantitative estimate of drug-likeness (QED) is 0.786. The van der Waals surface area contributed by atoms with Crippen LogP contribution in [0.1, 0.15) is 21.5 Å². The van der Waals surface area contributed by atoms with Crippen molar-refractivity contribution in [3.63, 3.8) is 0 Å². The molecule has 0 spiro atoms. The zero-order valence-corrected chi connectivity index (χ0v) is 10.7. The van der Waals surface area contributed by atoms with E-state index in [1.54, 1.807) is 23.5 Å². The van der Waals surface area contributed by atoms with E-state index >= 15 is 0 Å². The summed E-state index contributed by atoms with van der Waals surface area (Å²) in [4.78, 5) is 11.0. The number of rotatable bonds is 6. The lowest BCUT2D eigenvalue weighted by Gasteiger charge is -2.07. The van der Waals surface area contributed by atoms with Crippen molar-refractivity contribution >= 4 is 17.3 Å². The Labute approximate surface area is 110 Å². The molecule has 0 amide bonds. The molecule has 0 fully saturated rings. The first-order valence-corrected chi connectivity index (χ1v) is 6.74. The van der Waals surface area contributed by atoms with E-state index in [2.05, 4.69) is 22.1 Å². The average Bonchev–Trinajstić information content (AvgIpc) is 2.88. The van der Waals surface area contributed by atoms with E-state index < -0.39 is 5.97 Å². The van der Waals surface area contributed by atoms with Gasteiger partial charge in [-0.25, -0.2) is 4.79 Å². The molecule has 94 valence electrons. The SMILES string of the molecule is O=C(O)c1ccccc1CNCCc1ccsc1. The largest absolute Gasteiger partial charge is 0.478 e. The number of thiophene rings is 1. The summed E-state index contributed by atoms with van der Waals surface area (Å²) in [5.41, 5.74) is 2.52. The third-order valence-corrected chi connectivity index (χ3v) is 3.47. The summed E-state index contributed by atoms with van der Waals surface area (Å²) >= 11 is 1.69. The molecule has 1 aromatic heterocycles. The summed E-state index contributed by atoms with van der Waals surface area (Å²) < 4.78 is 0. The van der Waals surface area contributed by atoms with Crippen molar-refractivity contribution in [2.24, 2.45) is 0 Å². The van der Waals surface area contributed by atoms with Crippen LogP contribution >= 0.6 is 11.3 Å². The van der Waals surface area contributed by atoms with Crippen molar-refractivity contribution < 1.29 is 9.90 Å². The van der Waals surface area contributed by atoms with Gasteiger partial charge in [-0.2, -0.15) is 11.3 Å². The minimum Gasteiger partial charge on any atom is -0.478 e. The predicted molar refractivity (Wildman–Crippen MR) is 73.1 cm³/mol. The molecule has 0 atom stereocenters. The van der Waals surface area contributed by atoms with Crippen molar-refractivity contribution in [1.29, 1.82) is 0 Å². The van der Waals surface area contributed by atoms with Gasteiger partial charge >= 0.3 is 5.97 Å². The van der Waals surface area contributed by atoms with Crippen LogP contribution in [0.3, 0.4) is 0 Å². The van der Waals surface area contributed by atoms with E-state index in [4.69, 9.17) is 5.11 Å². The molecule has 3 nitrogen and oxygen atoms in total. The standard InChI is InChI=1S/C14H15NO2S/c16-14(17)13-4-2-1-3-12(13)9-15-7-5-11-6-8-18-10-11/h1-4,6,8,10,15H,5,7,9H2,(H,16,17). The average molecular weight is 261 g/mol. The topological polar surface area (TPSA) is 49.3 Å². The minimum atomic E-state index is -0.870. The van der Waals surface area contributed by atoms with Crippen LogP contribution < -0.4 is 5.32 Å². The van der Waals surface area contributed by atoms with Crippen molar-refractivity contribution in [3.05, 3.63) is 57.8 Å². The number of carbonyl (C=O) groups is 1. The zero-order valence-electron chi connectivity index (χ0n) is 9.93. The van der Waals surface area contributed by atoms with Crippen molar-refractivity contribution in [1.82, 2.24) is 5.32 Å². The van der Waals surface area contributed by atoms with Crippen LogP contribution in [0, 0.1) is 0 Å². The summed E-state index contributed by atoms with van der Waals surface area (Å²) in [6.45, 7) is 1.44. The monoisotopic (exact) mass is 261 g/mol. The Morgan fingerprint density at radius 2 is 2.11 bits per heavy atom. The molecule has 2 aromatic rings.